The van der Waals surface area contributed by atoms with Crippen molar-refractivity contribution < 1.29 is 0 Å². The lowest BCUT2D eigenvalue weighted by molar-refractivity contribution is 0.586. The highest BCUT2D eigenvalue weighted by Crippen LogP contribution is 2.35. The molecule has 23 heavy (non-hydrogen) atoms. The highest BCUT2D eigenvalue weighted by Gasteiger charge is 2.21. The van der Waals surface area contributed by atoms with Crippen molar-refractivity contribution >= 4 is 11.8 Å². The minimum Gasteiger partial charge on any atom is -0.383 e. The number of nitrogens with zero attached hydrogens (tertiary/aromatic N) is 3. The molecule has 2 aromatic rings. The maximum atomic E-state index is 6.27. The largest absolute Gasteiger partial charge is 0.383 e. The second-order valence-corrected chi connectivity index (χ2v) is 6.29. The van der Waals surface area contributed by atoms with Crippen molar-refractivity contribution in [2.45, 2.75) is 57.9 Å². The molecule has 0 bridgehead atoms. The van der Waals surface area contributed by atoms with Gasteiger partial charge in [-0.1, -0.05) is 31.7 Å². The van der Waals surface area contributed by atoms with Gasteiger partial charge in [-0.15, -0.1) is 0 Å². The van der Waals surface area contributed by atoms with Crippen LogP contribution in [0, 0.1) is 6.92 Å². The second kappa shape index (κ2) is 7.40. The number of hydrogen-bond donors (Lipinski definition) is 2. The highest BCUT2D eigenvalue weighted by atomic mass is 15.1. The molecular weight excluding hydrogens is 286 g/mol. The first kappa shape index (κ1) is 15.7. The van der Waals surface area contributed by atoms with Crippen molar-refractivity contribution in [3.8, 4) is 0 Å². The third-order valence-corrected chi connectivity index (χ3v) is 4.58. The van der Waals surface area contributed by atoms with Crippen molar-refractivity contribution in [2.75, 3.05) is 11.1 Å². The SMILES string of the molecule is Cc1nc(NCc2ccccn2)nc(N)c1C1CCCCCC1. The Morgan fingerprint density at radius 3 is 2.57 bits per heavy atom. The minimum absolute atomic E-state index is 0.516. The summed E-state index contributed by atoms with van der Waals surface area (Å²) in [5.41, 5.74) is 9.39. The molecule has 1 fully saturated rings. The predicted molar refractivity (Wildman–Crippen MR) is 93.2 cm³/mol. The summed E-state index contributed by atoms with van der Waals surface area (Å²) in [6.07, 6.45) is 9.42. The van der Waals surface area contributed by atoms with E-state index in [1.165, 1.54) is 38.5 Å². The molecule has 5 heteroatoms. The summed E-state index contributed by atoms with van der Waals surface area (Å²) in [5, 5.41) is 3.22. The van der Waals surface area contributed by atoms with Gasteiger partial charge in [0.15, 0.2) is 0 Å². The number of nitrogens with one attached hydrogen (secondary N) is 1. The zero-order valence-electron chi connectivity index (χ0n) is 13.8. The lowest BCUT2D eigenvalue weighted by Crippen LogP contribution is -2.12. The molecule has 0 unspecified atom stereocenters. The van der Waals surface area contributed by atoms with Gasteiger partial charge in [0.2, 0.25) is 5.95 Å². The van der Waals surface area contributed by atoms with E-state index >= 15 is 0 Å². The summed E-state index contributed by atoms with van der Waals surface area (Å²) in [4.78, 5) is 13.4. The maximum Gasteiger partial charge on any atom is 0.225 e. The number of aryl methyl sites for hydroxylation is 1. The number of pyridine rings is 1. The van der Waals surface area contributed by atoms with Crippen molar-refractivity contribution in [1.82, 2.24) is 15.0 Å². The van der Waals surface area contributed by atoms with E-state index in [9.17, 15) is 0 Å². The lowest BCUT2D eigenvalue weighted by Gasteiger charge is -2.19. The topological polar surface area (TPSA) is 76.7 Å². The second-order valence-electron chi connectivity index (χ2n) is 6.29. The fourth-order valence-corrected chi connectivity index (χ4v) is 3.43. The number of aromatic nitrogens is 3. The number of rotatable bonds is 4. The molecule has 122 valence electrons. The van der Waals surface area contributed by atoms with Gasteiger partial charge in [0.25, 0.3) is 0 Å². The normalized spacial score (nSPS) is 16.0. The molecule has 0 saturated heterocycles. The van der Waals surface area contributed by atoms with Crippen LogP contribution in [0.4, 0.5) is 11.8 Å². The Hall–Kier alpha value is -2.17. The summed E-state index contributed by atoms with van der Waals surface area (Å²) in [6.45, 7) is 2.65. The lowest BCUT2D eigenvalue weighted by atomic mass is 9.91. The number of nitrogen functional groups attached to an aromatic ring is 1. The van der Waals surface area contributed by atoms with Gasteiger partial charge in [0.1, 0.15) is 5.82 Å². The van der Waals surface area contributed by atoms with Crippen LogP contribution in [0.15, 0.2) is 24.4 Å². The van der Waals surface area contributed by atoms with E-state index in [1.807, 2.05) is 25.1 Å². The van der Waals surface area contributed by atoms with E-state index in [1.54, 1.807) is 6.20 Å². The Kier molecular flexibility index (Phi) is 5.05. The molecular formula is C18H25N5. The molecule has 2 aromatic heterocycles. The fourth-order valence-electron chi connectivity index (χ4n) is 3.43. The molecule has 0 atom stereocenters. The molecule has 0 amide bonds. The van der Waals surface area contributed by atoms with Crippen LogP contribution >= 0.6 is 0 Å². The van der Waals surface area contributed by atoms with Crippen molar-refractivity contribution in [3.05, 3.63) is 41.3 Å². The van der Waals surface area contributed by atoms with Crippen LogP contribution in [0.5, 0.6) is 0 Å². The van der Waals surface area contributed by atoms with Crippen molar-refractivity contribution in [3.63, 3.8) is 0 Å². The molecule has 0 radical (unpaired) electrons. The highest BCUT2D eigenvalue weighted by molar-refractivity contribution is 5.49. The summed E-state index contributed by atoms with van der Waals surface area (Å²) >= 11 is 0. The zero-order valence-corrected chi connectivity index (χ0v) is 13.8. The summed E-state index contributed by atoms with van der Waals surface area (Å²) in [5.74, 6) is 1.73. The first-order chi connectivity index (χ1) is 11.2. The Labute approximate surface area is 137 Å². The summed E-state index contributed by atoms with van der Waals surface area (Å²) < 4.78 is 0. The van der Waals surface area contributed by atoms with E-state index in [4.69, 9.17) is 5.73 Å². The van der Waals surface area contributed by atoms with Gasteiger partial charge in [-0.05, 0) is 37.8 Å². The minimum atomic E-state index is 0.516. The molecule has 3 rings (SSSR count). The van der Waals surface area contributed by atoms with E-state index in [2.05, 4.69) is 20.3 Å². The Morgan fingerprint density at radius 2 is 1.91 bits per heavy atom. The molecule has 0 aromatic carbocycles. The van der Waals surface area contributed by atoms with Crippen LogP contribution in [0.1, 0.15) is 61.4 Å². The molecule has 1 aliphatic carbocycles. The predicted octanol–water partition coefficient (Wildman–Crippen LogP) is 3.81. The van der Waals surface area contributed by atoms with Gasteiger partial charge in [-0.2, -0.15) is 4.98 Å². The molecule has 1 saturated carbocycles. The molecule has 2 heterocycles. The van der Waals surface area contributed by atoms with Crippen molar-refractivity contribution in [1.29, 1.82) is 0 Å². The molecule has 1 aliphatic rings. The third-order valence-electron chi connectivity index (χ3n) is 4.58. The Balaban J connectivity index is 1.74. The van der Waals surface area contributed by atoms with E-state index in [-0.39, 0.29) is 0 Å². The van der Waals surface area contributed by atoms with Crippen LogP contribution in [-0.2, 0) is 6.54 Å². The van der Waals surface area contributed by atoms with E-state index in [0.29, 0.717) is 24.2 Å². The van der Waals surface area contributed by atoms with Gasteiger partial charge in [-0.25, -0.2) is 4.98 Å². The van der Waals surface area contributed by atoms with Crippen LogP contribution in [0.3, 0.4) is 0 Å². The molecule has 5 nitrogen and oxygen atoms in total. The number of nitrogens with two attached hydrogens (primary N) is 1. The quantitative estimate of drug-likeness (QED) is 0.840. The monoisotopic (exact) mass is 311 g/mol. The fraction of sp³-hybridized carbons (Fsp3) is 0.500. The summed E-state index contributed by atoms with van der Waals surface area (Å²) in [7, 11) is 0. The molecule has 0 aliphatic heterocycles. The van der Waals surface area contributed by atoms with Gasteiger partial charge in [0.05, 0.1) is 12.2 Å². The molecule has 0 spiro atoms. The standard InChI is InChI=1S/C18H25N5/c1-13-16(14-8-4-2-3-5-9-14)17(19)23-18(22-13)21-12-15-10-6-7-11-20-15/h6-7,10-11,14H,2-5,8-9,12H2,1H3,(H3,19,21,22,23). The third kappa shape index (κ3) is 3.97. The first-order valence-electron chi connectivity index (χ1n) is 8.52. The van der Waals surface area contributed by atoms with Crippen LogP contribution < -0.4 is 11.1 Å². The van der Waals surface area contributed by atoms with Crippen molar-refractivity contribution in [2.24, 2.45) is 0 Å². The van der Waals surface area contributed by atoms with Gasteiger partial charge >= 0.3 is 0 Å². The Morgan fingerprint density at radius 1 is 1.13 bits per heavy atom. The zero-order chi connectivity index (χ0) is 16.1. The van der Waals surface area contributed by atoms with E-state index < -0.39 is 0 Å². The molecule has 3 N–H and O–H groups in total. The van der Waals surface area contributed by atoms with Gasteiger partial charge < -0.3 is 11.1 Å². The van der Waals surface area contributed by atoms with Crippen LogP contribution in [0.2, 0.25) is 0 Å². The van der Waals surface area contributed by atoms with Crippen LogP contribution in [-0.4, -0.2) is 15.0 Å². The van der Waals surface area contributed by atoms with Gasteiger partial charge in [-0.3, -0.25) is 4.98 Å². The smallest absolute Gasteiger partial charge is 0.225 e. The Bertz CT molecular complexity index is 610. The van der Waals surface area contributed by atoms with Crippen LogP contribution in [0.25, 0.3) is 0 Å². The maximum absolute atomic E-state index is 6.27. The van der Waals surface area contributed by atoms with E-state index in [0.717, 1.165) is 17.0 Å². The number of anilines is 2. The first-order valence-corrected chi connectivity index (χ1v) is 8.52. The summed E-state index contributed by atoms with van der Waals surface area (Å²) in [6, 6.07) is 5.85. The average Bonchev–Trinajstić information content (AvgIpc) is 2.83. The number of hydrogen-bond acceptors (Lipinski definition) is 5. The van der Waals surface area contributed by atoms with Gasteiger partial charge in [0, 0.05) is 17.5 Å². The average molecular weight is 311 g/mol.